The topological polar surface area (TPSA) is 32.3 Å². The van der Waals surface area contributed by atoms with E-state index < -0.39 is 0 Å². The second kappa shape index (κ2) is 5.38. The minimum atomic E-state index is 0.0462. The average Bonchev–Trinajstić information content (AvgIpc) is 2.70. The Morgan fingerprint density at radius 2 is 2.00 bits per heavy atom. The molecule has 3 nitrogen and oxygen atoms in total. The van der Waals surface area contributed by atoms with Crippen molar-refractivity contribution in [2.24, 2.45) is 5.92 Å². The molecule has 2 fully saturated rings. The van der Waals surface area contributed by atoms with E-state index in [-0.39, 0.29) is 11.8 Å². The van der Waals surface area contributed by atoms with E-state index in [4.69, 9.17) is 11.6 Å². The van der Waals surface area contributed by atoms with Gasteiger partial charge in [-0.25, -0.2) is 0 Å². The van der Waals surface area contributed by atoms with Crippen molar-refractivity contribution < 1.29 is 4.79 Å². The molecule has 1 aromatic carbocycles. The van der Waals surface area contributed by atoms with Crippen LogP contribution in [0, 0.1) is 5.92 Å². The maximum Gasteiger partial charge on any atom is 0.225 e. The van der Waals surface area contributed by atoms with Gasteiger partial charge in [0.05, 0.1) is 5.92 Å². The van der Waals surface area contributed by atoms with Gasteiger partial charge < -0.3 is 5.32 Å². The third-order valence-corrected chi connectivity index (χ3v) is 5.37. The smallest absolute Gasteiger partial charge is 0.225 e. The van der Waals surface area contributed by atoms with Crippen molar-refractivity contribution in [1.82, 2.24) is 10.2 Å². The maximum absolute atomic E-state index is 12.4. The summed E-state index contributed by atoms with van der Waals surface area (Å²) in [6.07, 6.45) is 3.40. The van der Waals surface area contributed by atoms with Gasteiger partial charge in [0.25, 0.3) is 0 Å². The fourth-order valence-electron chi connectivity index (χ4n) is 4.04. The van der Waals surface area contributed by atoms with Gasteiger partial charge in [-0.05, 0) is 49.9 Å². The van der Waals surface area contributed by atoms with E-state index in [0.717, 1.165) is 17.9 Å². The van der Waals surface area contributed by atoms with Crippen LogP contribution in [-0.2, 0) is 4.79 Å². The molecular formula is C16H21ClN2O. The molecule has 108 valence electrons. The van der Waals surface area contributed by atoms with E-state index in [1.54, 1.807) is 7.05 Å². The number of hydrogen-bond acceptors (Lipinski definition) is 2. The first-order valence-electron chi connectivity index (χ1n) is 7.31. The first-order valence-corrected chi connectivity index (χ1v) is 7.68. The van der Waals surface area contributed by atoms with E-state index in [2.05, 4.69) is 29.4 Å². The molecule has 1 N–H and O–H groups in total. The molecule has 2 aliphatic rings. The number of hydrogen-bond donors (Lipinski definition) is 1. The lowest BCUT2D eigenvalue weighted by molar-refractivity contribution is -0.128. The zero-order chi connectivity index (χ0) is 14.3. The summed E-state index contributed by atoms with van der Waals surface area (Å²) < 4.78 is 0. The Bertz CT molecular complexity index is 502. The predicted molar refractivity (Wildman–Crippen MR) is 80.9 cm³/mol. The van der Waals surface area contributed by atoms with Gasteiger partial charge in [0.2, 0.25) is 5.91 Å². The Balaban J connectivity index is 1.95. The van der Waals surface area contributed by atoms with Gasteiger partial charge in [0.15, 0.2) is 0 Å². The summed E-state index contributed by atoms with van der Waals surface area (Å²) in [5.41, 5.74) is 1.24. The number of carbonyl (C=O) groups excluding carboxylic acids is 1. The molecule has 2 bridgehead atoms. The second-order valence-electron chi connectivity index (χ2n) is 6.00. The van der Waals surface area contributed by atoms with Crippen LogP contribution in [0.5, 0.6) is 0 Å². The van der Waals surface area contributed by atoms with Crippen molar-refractivity contribution >= 4 is 17.5 Å². The highest BCUT2D eigenvalue weighted by Gasteiger charge is 2.48. The summed E-state index contributed by atoms with van der Waals surface area (Å²) in [7, 11) is 3.90. The van der Waals surface area contributed by atoms with Crippen LogP contribution < -0.4 is 5.32 Å². The summed E-state index contributed by atoms with van der Waals surface area (Å²) >= 11 is 5.98. The molecule has 1 amide bonds. The number of rotatable bonds is 2. The zero-order valence-electron chi connectivity index (χ0n) is 12.0. The lowest BCUT2D eigenvalue weighted by atomic mass is 9.75. The summed E-state index contributed by atoms with van der Waals surface area (Å²) in [5, 5.41) is 3.61. The third-order valence-electron chi connectivity index (χ3n) is 5.12. The molecule has 3 rings (SSSR count). The number of benzene rings is 1. The van der Waals surface area contributed by atoms with E-state index in [1.807, 2.05) is 12.1 Å². The van der Waals surface area contributed by atoms with E-state index in [9.17, 15) is 4.79 Å². The molecule has 0 spiro atoms. The second-order valence-corrected chi connectivity index (χ2v) is 6.43. The van der Waals surface area contributed by atoms with Gasteiger partial charge in [-0.3, -0.25) is 9.69 Å². The molecule has 2 heterocycles. The first-order chi connectivity index (χ1) is 9.61. The molecule has 0 saturated carbocycles. The highest BCUT2D eigenvalue weighted by atomic mass is 35.5. The Labute approximate surface area is 125 Å². The third kappa shape index (κ3) is 2.23. The van der Waals surface area contributed by atoms with Gasteiger partial charge in [-0.15, -0.1) is 0 Å². The fourth-order valence-corrected chi connectivity index (χ4v) is 4.17. The van der Waals surface area contributed by atoms with Crippen LogP contribution in [0.25, 0.3) is 0 Å². The number of piperidine rings is 1. The molecule has 4 atom stereocenters. The standard InChI is InChI=1S/C16H21ClN2O/c1-18-16(20)15-13(10-3-5-11(17)6-4-10)9-12-7-8-14(15)19(12)2/h3-6,12-15H,7-9H2,1-2H3,(H,18,20)/t12-,13?,14?,15+/m1/s1. The Morgan fingerprint density at radius 3 is 2.65 bits per heavy atom. The zero-order valence-corrected chi connectivity index (χ0v) is 12.7. The highest BCUT2D eigenvalue weighted by molar-refractivity contribution is 6.30. The van der Waals surface area contributed by atoms with Crippen LogP contribution in [0.4, 0.5) is 0 Å². The van der Waals surface area contributed by atoms with Crippen molar-refractivity contribution in [2.75, 3.05) is 14.1 Å². The molecule has 4 heteroatoms. The molecule has 0 radical (unpaired) electrons. The minimum Gasteiger partial charge on any atom is -0.359 e. The quantitative estimate of drug-likeness (QED) is 0.909. The first kappa shape index (κ1) is 13.9. The van der Waals surface area contributed by atoms with Crippen LogP contribution in [0.1, 0.15) is 30.7 Å². The Morgan fingerprint density at radius 1 is 1.30 bits per heavy atom. The number of amides is 1. The summed E-state index contributed by atoms with van der Waals surface area (Å²) in [4.78, 5) is 14.8. The fraction of sp³-hybridized carbons (Fsp3) is 0.562. The Hall–Kier alpha value is -1.06. The molecular weight excluding hydrogens is 272 g/mol. The monoisotopic (exact) mass is 292 g/mol. The van der Waals surface area contributed by atoms with E-state index in [1.165, 1.54) is 12.0 Å². The highest BCUT2D eigenvalue weighted by Crippen LogP contribution is 2.46. The molecule has 2 saturated heterocycles. The van der Waals surface area contributed by atoms with Crippen molar-refractivity contribution in [1.29, 1.82) is 0 Å². The number of fused-ring (bicyclic) bond motifs is 2. The predicted octanol–water partition coefficient (Wildman–Crippen LogP) is 2.65. The van der Waals surface area contributed by atoms with Crippen molar-refractivity contribution in [3.8, 4) is 0 Å². The van der Waals surface area contributed by atoms with Gasteiger partial charge in [0.1, 0.15) is 0 Å². The minimum absolute atomic E-state index is 0.0462. The van der Waals surface area contributed by atoms with E-state index >= 15 is 0 Å². The molecule has 2 unspecified atom stereocenters. The van der Waals surface area contributed by atoms with Crippen molar-refractivity contribution in [3.63, 3.8) is 0 Å². The van der Waals surface area contributed by atoms with Crippen LogP contribution in [0.15, 0.2) is 24.3 Å². The number of carbonyl (C=O) groups is 1. The normalized spacial score (nSPS) is 33.1. The summed E-state index contributed by atoms with van der Waals surface area (Å²) in [5.74, 6) is 0.521. The van der Waals surface area contributed by atoms with E-state index in [0.29, 0.717) is 18.0 Å². The SMILES string of the molecule is CNC(=O)[C@H]1C(c2ccc(Cl)cc2)C[C@H]2CCC1N2C. The number of nitrogens with one attached hydrogen (secondary N) is 1. The Kier molecular flexibility index (Phi) is 3.74. The van der Waals surface area contributed by atoms with Gasteiger partial charge >= 0.3 is 0 Å². The molecule has 20 heavy (non-hydrogen) atoms. The van der Waals surface area contributed by atoms with Crippen LogP contribution in [0.2, 0.25) is 5.02 Å². The van der Waals surface area contributed by atoms with Crippen molar-refractivity contribution in [2.45, 2.75) is 37.3 Å². The molecule has 0 aromatic heterocycles. The van der Waals surface area contributed by atoms with Crippen molar-refractivity contribution in [3.05, 3.63) is 34.9 Å². The van der Waals surface area contributed by atoms with Crippen LogP contribution in [-0.4, -0.2) is 37.0 Å². The molecule has 1 aromatic rings. The maximum atomic E-state index is 12.4. The lowest BCUT2D eigenvalue weighted by Gasteiger charge is -2.42. The summed E-state index contributed by atoms with van der Waals surface area (Å²) in [6.45, 7) is 0. The van der Waals surface area contributed by atoms with Gasteiger partial charge in [-0.2, -0.15) is 0 Å². The molecule has 0 aliphatic carbocycles. The number of halogens is 1. The number of nitrogens with zero attached hydrogens (tertiary/aromatic N) is 1. The summed E-state index contributed by atoms with van der Waals surface area (Å²) in [6, 6.07) is 8.99. The lowest BCUT2D eigenvalue weighted by Crippen LogP contribution is -2.51. The average molecular weight is 293 g/mol. The van der Waals surface area contributed by atoms with Crippen LogP contribution in [0.3, 0.4) is 0 Å². The molecule has 2 aliphatic heterocycles. The van der Waals surface area contributed by atoms with Crippen LogP contribution >= 0.6 is 11.6 Å². The van der Waals surface area contributed by atoms with Gasteiger partial charge in [0, 0.05) is 24.2 Å². The largest absolute Gasteiger partial charge is 0.359 e. The van der Waals surface area contributed by atoms with Gasteiger partial charge in [-0.1, -0.05) is 23.7 Å².